The molecule has 3 rings (SSSR count). The Balaban J connectivity index is 2.19. The topological polar surface area (TPSA) is 51.0 Å². The quantitative estimate of drug-likeness (QED) is 0.745. The van der Waals surface area contributed by atoms with Crippen LogP contribution in [0.4, 0.5) is 5.69 Å². The second-order valence-corrected chi connectivity index (χ2v) is 4.09. The first kappa shape index (κ1) is 10.8. The molecule has 0 aliphatic carbocycles. The van der Waals surface area contributed by atoms with Crippen LogP contribution in [0, 0.1) is 6.92 Å². The van der Waals surface area contributed by atoms with Crippen molar-refractivity contribution in [1.82, 2.24) is 9.97 Å². The molecule has 0 saturated heterocycles. The average molecular weight is 239 g/mol. The summed E-state index contributed by atoms with van der Waals surface area (Å²) >= 11 is 0. The maximum atomic E-state index is 5.74. The second kappa shape index (κ2) is 4.14. The first-order chi connectivity index (χ1) is 8.78. The molecule has 0 bridgehead atoms. The van der Waals surface area contributed by atoms with Gasteiger partial charge >= 0.3 is 0 Å². The van der Waals surface area contributed by atoms with Crippen molar-refractivity contribution in [2.75, 3.05) is 12.4 Å². The molecule has 0 atom stereocenters. The van der Waals surface area contributed by atoms with Crippen molar-refractivity contribution in [1.29, 1.82) is 0 Å². The van der Waals surface area contributed by atoms with Crippen LogP contribution in [-0.4, -0.2) is 17.0 Å². The summed E-state index contributed by atoms with van der Waals surface area (Å²) in [4.78, 5) is 8.79. The number of hydrogen-bond acceptors (Lipinski definition) is 4. The van der Waals surface area contributed by atoms with Crippen molar-refractivity contribution in [2.24, 2.45) is 0 Å². The van der Waals surface area contributed by atoms with Crippen molar-refractivity contribution in [2.45, 2.75) is 6.92 Å². The number of benzene rings is 1. The Hall–Kier alpha value is -2.36. The molecule has 3 aromatic rings. The Labute approximate surface area is 105 Å². The lowest BCUT2D eigenvalue weighted by Gasteiger charge is -2.04. The molecule has 1 N–H and O–H groups in total. The lowest BCUT2D eigenvalue weighted by atomic mass is 10.2. The lowest BCUT2D eigenvalue weighted by molar-refractivity contribution is 0.620. The van der Waals surface area contributed by atoms with E-state index in [9.17, 15) is 0 Å². The van der Waals surface area contributed by atoms with Gasteiger partial charge in [-0.05, 0) is 31.2 Å². The van der Waals surface area contributed by atoms with Crippen LogP contribution in [0.15, 0.2) is 40.8 Å². The van der Waals surface area contributed by atoms with Crippen LogP contribution in [0.1, 0.15) is 5.69 Å². The van der Waals surface area contributed by atoms with E-state index in [4.69, 9.17) is 4.42 Å². The maximum absolute atomic E-state index is 5.74. The summed E-state index contributed by atoms with van der Waals surface area (Å²) in [6, 6.07) is 11.7. The van der Waals surface area contributed by atoms with Crippen LogP contribution < -0.4 is 5.32 Å². The summed E-state index contributed by atoms with van der Waals surface area (Å²) in [5.74, 6) is 0.591. The fourth-order valence-corrected chi connectivity index (χ4v) is 1.92. The Kier molecular flexibility index (Phi) is 2.48. The minimum atomic E-state index is 0.591. The van der Waals surface area contributed by atoms with Crippen molar-refractivity contribution in [3.05, 3.63) is 42.1 Å². The van der Waals surface area contributed by atoms with Crippen LogP contribution >= 0.6 is 0 Å². The van der Waals surface area contributed by atoms with E-state index in [1.165, 1.54) is 0 Å². The molecular formula is C14H13N3O. The number of para-hydroxylation sites is 1. The Bertz CT molecular complexity index is 703. The highest BCUT2D eigenvalue weighted by Gasteiger charge is 2.11. The summed E-state index contributed by atoms with van der Waals surface area (Å²) in [6.45, 7) is 1.94. The van der Waals surface area contributed by atoms with Gasteiger partial charge in [0.05, 0.1) is 5.56 Å². The van der Waals surface area contributed by atoms with E-state index in [0.717, 1.165) is 16.9 Å². The smallest absolute Gasteiger partial charge is 0.230 e. The monoisotopic (exact) mass is 239 g/mol. The van der Waals surface area contributed by atoms with E-state index in [0.29, 0.717) is 17.1 Å². The van der Waals surface area contributed by atoms with Gasteiger partial charge in [0.2, 0.25) is 5.89 Å². The highest BCUT2D eigenvalue weighted by Crippen LogP contribution is 2.29. The lowest BCUT2D eigenvalue weighted by Crippen LogP contribution is -1.91. The Morgan fingerprint density at radius 1 is 1.06 bits per heavy atom. The molecule has 4 heteroatoms. The molecule has 0 saturated carbocycles. The van der Waals surface area contributed by atoms with Crippen molar-refractivity contribution in [3.8, 4) is 11.5 Å². The molecule has 2 heterocycles. The van der Waals surface area contributed by atoms with Gasteiger partial charge in [0.15, 0.2) is 11.2 Å². The predicted octanol–water partition coefficient (Wildman–Crippen LogP) is 3.24. The first-order valence-electron chi connectivity index (χ1n) is 5.79. The molecular weight excluding hydrogens is 226 g/mol. The van der Waals surface area contributed by atoms with Gasteiger partial charge in [0, 0.05) is 18.4 Å². The minimum Gasteiger partial charge on any atom is -0.434 e. The summed E-state index contributed by atoms with van der Waals surface area (Å²) in [6.07, 6.45) is 0. The number of fused-ring (bicyclic) bond motifs is 1. The van der Waals surface area contributed by atoms with Crippen molar-refractivity contribution >= 4 is 16.9 Å². The molecule has 0 aliphatic rings. The zero-order valence-electron chi connectivity index (χ0n) is 10.3. The highest BCUT2D eigenvalue weighted by molar-refractivity contribution is 5.78. The van der Waals surface area contributed by atoms with Crippen LogP contribution in [0.5, 0.6) is 0 Å². The summed E-state index contributed by atoms with van der Waals surface area (Å²) in [7, 11) is 1.88. The first-order valence-corrected chi connectivity index (χ1v) is 5.79. The molecule has 0 radical (unpaired) electrons. The molecule has 1 aromatic carbocycles. The molecule has 90 valence electrons. The largest absolute Gasteiger partial charge is 0.434 e. The molecule has 2 aromatic heterocycles. The third kappa shape index (κ3) is 1.72. The summed E-state index contributed by atoms with van der Waals surface area (Å²) in [5, 5.41) is 3.13. The highest BCUT2D eigenvalue weighted by atomic mass is 16.3. The SMILES string of the molecule is CNc1ccccc1-c1nc2nc(C)ccc2o1. The zero-order chi connectivity index (χ0) is 12.5. The number of hydrogen-bond donors (Lipinski definition) is 1. The van der Waals surface area contributed by atoms with Crippen LogP contribution in [0.25, 0.3) is 22.7 Å². The van der Waals surface area contributed by atoms with Gasteiger partial charge in [0.1, 0.15) is 0 Å². The number of oxazole rings is 1. The maximum Gasteiger partial charge on any atom is 0.230 e. The van der Waals surface area contributed by atoms with Gasteiger partial charge in [-0.25, -0.2) is 4.98 Å². The normalized spacial score (nSPS) is 10.8. The fraction of sp³-hybridized carbons (Fsp3) is 0.143. The van der Waals surface area contributed by atoms with Crippen molar-refractivity contribution < 1.29 is 4.42 Å². The van der Waals surface area contributed by atoms with E-state index in [1.807, 2.05) is 50.4 Å². The van der Waals surface area contributed by atoms with E-state index < -0.39 is 0 Å². The molecule has 18 heavy (non-hydrogen) atoms. The second-order valence-electron chi connectivity index (χ2n) is 4.09. The fourth-order valence-electron chi connectivity index (χ4n) is 1.92. The number of pyridine rings is 1. The molecule has 0 fully saturated rings. The third-order valence-corrected chi connectivity index (χ3v) is 2.82. The van der Waals surface area contributed by atoms with Crippen molar-refractivity contribution in [3.63, 3.8) is 0 Å². The van der Waals surface area contributed by atoms with Gasteiger partial charge in [-0.3, -0.25) is 0 Å². The van der Waals surface area contributed by atoms with Crippen LogP contribution in [0.2, 0.25) is 0 Å². The number of aryl methyl sites for hydroxylation is 1. The molecule has 0 aliphatic heterocycles. The molecule has 0 amide bonds. The Morgan fingerprint density at radius 2 is 1.89 bits per heavy atom. The molecule has 0 unspecified atom stereocenters. The van der Waals surface area contributed by atoms with E-state index in [2.05, 4.69) is 15.3 Å². The summed E-state index contributed by atoms with van der Waals surface area (Å²) < 4.78 is 5.74. The van der Waals surface area contributed by atoms with E-state index in [-0.39, 0.29) is 0 Å². The van der Waals surface area contributed by atoms with Crippen LogP contribution in [-0.2, 0) is 0 Å². The number of rotatable bonds is 2. The van der Waals surface area contributed by atoms with E-state index in [1.54, 1.807) is 0 Å². The van der Waals surface area contributed by atoms with Gasteiger partial charge in [-0.2, -0.15) is 4.98 Å². The zero-order valence-corrected chi connectivity index (χ0v) is 10.3. The molecule has 0 spiro atoms. The van der Waals surface area contributed by atoms with Gasteiger partial charge < -0.3 is 9.73 Å². The van der Waals surface area contributed by atoms with Gasteiger partial charge in [-0.15, -0.1) is 0 Å². The third-order valence-electron chi connectivity index (χ3n) is 2.82. The average Bonchev–Trinajstić information content (AvgIpc) is 2.81. The minimum absolute atomic E-state index is 0.591. The summed E-state index contributed by atoms with van der Waals surface area (Å²) in [5.41, 5.74) is 4.22. The standard InChI is InChI=1S/C14H13N3O/c1-9-7-8-12-13(16-9)17-14(18-12)10-5-3-4-6-11(10)15-2/h3-8,15H,1-2H3. The molecule has 4 nitrogen and oxygen atoms in total. The van der Waals surface area contributed by atoms with Gasteiger partial charge in [-0.1, -0.05) is 12.1 Å². The number of aromatic nitrogens is 2. The van der Waals surface area contributed by atoms with E-state index >= 15 is 0 Å². The van der Waals surface area contributed by atoms with Gasteiger partial charge in [0.25, 0.3) is 0 Å². The predicted molar refractivity (Wildman–Crippen MR) is 71.5 cm³/mol. The Morgan fingerprint density at radius 3 is 2.72 bits per heavy atom. The number of nitrogens with one attached hydrogen (secondary N) is 1. The van der Waals surface area contributed by atoms with Crippen LogP contribution in [0.3, 0.4) is 0 Å². The number of nitrogens with zero attached hydrogens (tertiary/aromatic N) is 2. The number of anilines is 1.